The molecule has 0 N–H and O–H groups in total. The number of rotatable bonds is 5. The molecule has 7 nitrogen and oxygen atoms in total. The Morgan fingerprint density at radius 3 is 2.71 bits per heavy atom. The Morgan fingerprint density at radius 1 is 1.26 bits per heavy atom. The molecule has 2 aromatic rings. The van der Waals surface area contributed by atoms with Crippen molar-refractivity contribution in [2.45, 2.75) is 31.9 Å². The van der Waals surface area contributed by atoms with E-state index in [0.29, 0.717) is 17.8 Å². The van der Waals surface area contributed by atoms with Gasteiger partial charge in [-0.1, -0.05) is 24.8 Å². The van der Waals surface area contributed by atoms with Gasteiger partial charge in [-0.3, -0.25) is 10.1 Å². The normalized spacial score (nSPS) is 20.0. The molecule has 0 aliphatic carbocycles. The van der Waals surface area contributed by atoms with E-state index in [0.717, 1.165) is 16.9 Å². The van der Waals surface area contributed by atoms with Crippen LogP contribution in [0.2, 0.25) is 0 Å². The molecular weight excluding hydrogens is 396 g/mol. The standard InChI is InChI=1S/C24H24N2O5/c1-16(2)22(27)30-14-13-25-20-15-18(26(28)29)9-10-19(20)23(3,4)24(25)12-11-17-7-5-6-8-21(17)31-24/h5-12,15H,1,13-14H2,2-4H3. The van der Waals surface area contributed by atoms with Crippen molar-refractivity contribution in [3.63, 3.8) is 0 Å². The number of fused-ring (bicyclic) bond motifs is 2. The first-order valence-corrected chi connectivity index (χ1v) is 10.0. The van der Waals surface area contributed by atoms with Crippen molar-refractivity contribution in [1.29, 1.82) is 0 Å². The molecular formula is C24H24N2O5. The van der Waals surface area contributed by atoms with Gasteiger partial charge in [0.05, 0.1) is 22.6 Å². The molecule has 0 radical (unpaired) electrons. The molecule has 1 unspecified atom stereocenters. The number of hydrogen-bond acceptors (Lipinski definition) is 6. The van der Waals surface area contributed by atoms with Gasteiger partial charge in [-0.15, -0.1) is 0 Å². The molecule has 2 heterocycles. The fourth-order valence-electron chi connectivity index (χ4n) is 4.33. The van der Waals surface area contributed by atoms with Gasteiger partial charge in [0.2, 0.25) is 5.72 Å². The Balaban J connectivity index is 1.79. The van der Waals surface area contributed by atoms with Gasteiger partial charge in [0.15, 0.2) is 0 Å². The third-order valence-electron chi connectivity index (χ3n) is 6.02. The van der Waals surface area contributed by atoms with E-state index in [4.69, 9.17) is 9.47 Å². The first kappa shape index (κ1) is 20.7. The van der Waals surface area contributed by atoms with E-state index in [2.05, 4.69) is 20.4 Å². The molecule has 7 heteroatoms. The number of ether oxygens (including phenoxy) is 2. The summed E-state index contributed by atoms with van der Waals surface area (Å²) in [6.45, 7) is 9.68. The highest BCUT2D eigenvalue weighted by atomic mass is 16.6. The van der Waals surface area contributed by atoms with Crippen molar-refractivity contribution in [3.05, 3.63) is 81.9 Å². The summed E-state index contributed by atoms with van der Waals surface area (Å²) in [6.07, 6.45) is 4.00. The minimum absolute atomic E-state index is 0.00396. The van der Waals surface area contributed by atoms with E-state index < -0.39 is 22.0 Å². The number of nitrogens with zero attached hydrogens (tertiary/aromatic N) is 2. The molecule has 1 spiro atoms. The molecule has 0 aromatic heterocycles. The van der Waals surface area contributed by atoms with Crippen LogP contribution in [-0.2, 0) is 14.9 Å². The number of carbonyl (C=O) groups is 1. The second-order valence-electron chi connectivity index (χ2n) is 8.32. The molecule has 0 saturated heterocycles. The van der Waals surface area contributed by atoms with Gasteiger partial charge in [0, 0.05) is 23.3 Å². The molecule has 0 amide bonds. The largest absolute Gasteiger partial charge is 0.463 e. The molecule has 2 aliphatic rings. The van der Waals surface area contributed by atoms with Crippen LogP contribution in [-0.4, -0.2) is 29.8 Å². The smallest absolute Gasteiger partial charge is 0.333 e. The van der Waals surface area contributed by atoms with Gasteiger partial charge in [0.25, 0.3) is 5.69 Å². The summed E-state index contributed by atoms with van der Waals surface area (Å²) >= 11 is 0. The van der Waals surface area contributed by atoms with Crippen molar-refractivity contribution in [1.82, 2.24) is 0 Å². The van der Waals surface area contributed by atoms with Crippen LogP contribution in [0.3, 0.4) is 0 Å². The third kappa shape index (κ3) is 3.17. The molecule has 2 aliphatic heterocycles. The summed E-state index contributed by atoms with van der Waals surface area (Å²) in [6, 6.07) is 12.6. The summed E-state index contributed by atoms with van der Waals surface area (Å²) in [7, 11) is 0. The summed E-state index contributed by atoms with van der Waals surface area (Å²) in [5.41, 5.74) is 1.41. The van der Waals surface area contributed by atoms with Crippen molar-refractivity contribution in [3.8, 4) is 5.75 Å². The van der Waals surface area contributed by atoms with Gasteiger partial charge < -0.3 is 14.4 Å². The quantitative estimate of drug-likeness (QED) is 0.304. The van der Waals surface area contributed by atoms with Crippen molar-refractivity contribution < 1.29 is 19.2 Å². The number of carbonyl (C=O) groups excluding carboxylic acids is 1. The highest BCUT2D eigenvalue weighted by Crippen LogP contribution is 2.55. The topological polar surface area (TPSA) is 81.9 Å². The Bertz CT molecular complexity index is 1120. The number of nitro benzene ring substituents is 1. The lowest BCUT2D eigenvalue weighted by molar-refractivity contribution is -0.384. The average molecular weight is 420 g/mol. The van der Waals surface area contributed by atoms with Gasteiger partial charge in [-0.05, 0) is 50.6 Å². The van der Waals surface area contributed by atoms with E-state index in [1.54, 1.807) is 19.1 Å². The lowest BCUT2D eigenvalue weighted by Gasteiger charge is -2.47. The first-order chi connectivity index (χ1) is 14.7. The van der Waals surface area contributed by atoms with Gasteiger partial charge in [-0.2, -0.15) is 0 Å². The minimum atomic E-state index is -0.936. The zero-order chi connectivity index (χ0) is 22.4. The predicted molar refractivity (Wildman–Crippen MR) is 118 cm³/mol. The molecule has 1 atom stereocenters. The molecule has 0 bridgehead atoms. The van der Waals surface area contributed by atoms with Crippen LogP contribution in [0.1, 0.15) is 31.9 Å². The second kappa shape index (κ2) is 7.27. The SMILES string of the molecule is C=C(C)C(=O)OCCN1c2cc([N+](=O)[O-])ccc2C(C)(C)C12C=Cc1ccccc1O2. The first-order valence-electron chi connectivity index (χ1n) is 10.0. The number of nitro groups is 1. The van der Waals surface area contributed by atoms with E-state index in [-0.39, 0.29) is 12.3 Å². The average Bonchev–Trinajstić information content (AvgIpc) is 2.91. The number of para-hydroxylation sites is 1. The monoisotopic (exact) mass is 420 g/mol. The van der Waals surface area contributed by atoms with Crippen LogP contribution in [0, 0.1) is 10.1 Å². The van der Waals surface area contributed by atoms with Crippen LogP contribution < -0.4 is 9.64 Å². The second-order valence-corrected chi connectivity index (χ2v) is 8.32. The number of anilines is 1. The van der Waals surface area contributed by atoms with Gasteiger partial charge in [-0.25, -0.2) is 4.79 Å². The number of esters is 1. The molecule has 4 rings (SSSR count). The Morgan fingerprint density at radius 2 is 2.00 bits per heavy atom. The highest BCUT2D eigenvalue weighted by molar-refractivity contribution is 5.87. The van der Waals surface area contributed by atoms with Crippen LogP contribution in [0.4, 0.5) is 11.4 Å². The Kier molecular flexibility index (Phi) is 4.84. The molecule has 160 valence electrons. The fraction of sp³-hybridized carbons (Fsp3) is 0.292. The van der Waals surface area contributed by atoms with E-state index in [1.165, 1.54) is 6.07 Å². The number of non-ortho nitro benzene ring substituents is 1. The summed E-state index contributed by atoms with van der Waals surface area (Å²) in [5, 5.41) is 11.4. The number of hydrogen-bond donors (Lipinski definition) is 0. The van der Waals surface area contributed by atoms with Gasteiger partial charge >= 0.3 is 5.97 Å². The summed E-state index contributed by atoms with van der Waals surface area (Å²) in [5.74, 6) is 0.251. The van der Waals surface area contributed by atoms with E-state index >= 15 is 0 Å². The maximum Gasteiger partial charge on any atom is 0.333 e. The zero-order valence-electron chi connectivity index (χ0n) is 17.8. The highest BCUT2D eigenvalue weighted by Gasteiger charge is 2.59. The van der Waals surface area contributed by atoms with Crippen molar-refractivity contribution in [2.75, 3.05) is 18.1 Å². The summed E-state index contributed by atoms with van der Waals surface area (Å²) < 4.78 is 11.9. The lowest BCUT2D eigenvalue weighted by Crippen LogP contribution is -2.60. The maximum absolute atomic E-state index is 11.9. The molecule has 0 fully saturated rings. The van der Waals surface area contributed by atoms with Crippen LogP contribution in [0.15, 0.2) is 60.7 Å². The van der Waals surface area contributed by atoms with Crippen LogP contribution >= 0.6 is 0 Å². The van der Waals surface area contributed by atoms with Crippen LogP contribution in [0.25, 0.3) is 6.08 Å². The van der Waals surface area contributed by atoms with Crippen LogP contribution in [0.5, 0.6) is 5.75 Å². The van der Waals surface area contributed by atoms with Gasteiger partial charge in [0.1, 0.15) is 12.4 Å². The van der Waals surface area contributed by atoms with E-state index in [9.17, 15) is 14.9 Å². The van der Waals surface area contributed by atoms with E-state index in [1.807, 2.05) is 41.3 Å². The number of benzene rings is 2. The maximum atomic E-state index is 11.9. The molecule has 0 saturated carbocycles. The predicted octanol–water partition coefficient (Wildman–Crippen LogP) is 4.61. The third-order valence-corrected chi connectivity index (χ3v) is 6.02. The molecule has 31 heavy (non-hydrogen) atoms. The Labute approximate surface area is 180 Å². The zero-order valence-corrected chi connectivity index (χ0v) is 17.8. The minimum Gasteiger partial charge on any atom is -0.463 e. The summed E-state index contributed by atoms with van der Waals surface area (Å²) in [4.78, 5) is 24.9. The molecule has 2 aromatic carbocycles. The van der Waals surface area contributed by atoms with Crippen molar-refractivity contribution in [2.24, 2.45) is 0 Å². The lowest BCUT2D eigenvalue weighted by atomic mass is 9.76. The fourth-order valence-corrected chi connectivity index (χ4v) is 4.33. The Hall–Kier alpha value is -3.61. The van der Waals surface area contributed by atoms with Crippen molar-refractivity contribution >= 4 is 23.4 Å².